The Balaban J connectivity index is 2.25. The first-order valence-electron chi connectivity index (χ1n) is 9.24. The van der Waals surface area contributed by atoms with Crippen molar-refractivity contribution in [3.05, 3.63) is 58.3 Å². The van der Waals surface area contributed by atoms with Crippen LogP contribution in [-0.4, -0.2) is 27.4 Å². The third-order valence-corrected chi connectivity index (χ3v) is 7.01. The molecule has 30 heavy (non-hydrogen) atoms. The number of benzene rings is 2. The number of aryl methyl sites for hydroxylation is 4. The van der Waals surface area contributed by atoms with Crippen molar-refractivity contribution >= 4 is 38.6 Å². The van der Waals surface area contributed by atoms with Gasteiger partial charge < -0.3 is 9.15 Å². The van der Waals surface area contributed by atoms with E-state index in [9.17, 15) is 18.0 Å². The third-order valence-electron chi connectivity index (χ3n) is 5.07. The number of rotatable bonds is 4. The summed E-state index contributed by atoms with van der Waals surface area (Å²) in [5, 5.41) is 0.370. The minimum atomic E-state index is -4.19. The van der Waals surface area contributed by atoms with E-state index in [1.807, 2.05) is 13.8 Å². The van der Waals surface area contributed by atoms with Gasteiger partial charge in [-0.2, -0.15) is 0 Å². The van der Waals surface area contributed by atoms with Gasteiger partial charge in [-0.15, -0.1) is 0 Å². The maximum Gasteiger partial charge on any atom is 0.342 e. The summed E-state index contributed by atoms with van der Waals surface area (Å²) in [6.07, 6.45) is 0. The minimum Gasteiger partial charge on any atom is -0.465 e. The van der Waals surface area contributed by atoms with Crippen LogP contribution >= 0.6 is 0 Å². The Bertz CT molecular complexity index is 1290. The van der Waals surface area contributed by atoms with Crippen LogP contribution in [0.1, 0.15) is 39.7 Å². The van der Waals surface area contributed by atoms with E-state index in [1.165, 1.54) is 32.2 Å². The first-order valence-corrected chi connectivity index (χ1v) is 10.7. The van der Waals surface area contributed by atoms with Crippen LogP contribution in [0, 0.1) is 27.7 Å². The first-order chi connectivity index (χ1) is 14.0. The Morgan fingerprint density at radius 2 is 1.60 bits per heavy atom. The van der Waals surface area contributed by atoms with Gasteiger partial charge >= 0.3 is 5.97 Å². The van der Waals surface area contributed by atoms with Crippen molar-refractivity contribution < 1.29 is 27.2 Å². The molecule has 2 aromatic carbocycles. The molecular formula is C22H23NO6S. The van der Waals surface area contributed by atoms with Crippen LogP contribution in [0.2, 0.25) is 0 Å². The molecule has 3 rings (SSSR count). The number of fused-ring (bicyclic) bond motifs is 1. The molecule has 0 atom stereocenters. The number of methoxy groups -OCH3 is 1. The van der Waals surface area contributed by atoms with Crippen molar-refractivity contribution in [2.24, 2.45) is 0 Å². The van der Waals surface area contributed by atoms with E-state index >= 15 is 0 Å². The molecule has 0 spiro atoms. The van der Waals surface area contributed by atoms with Gasteiger partial charge in [0.05, 0.1) is 17.7 Å². The average Bonchev–Trinajstić information content (AvgIpc) is 2.98. The van der Waals surface area contributed by atoms with Crippen LogP contribution in [0.5, 0.6) is 0 Å². The molecular weight excluding hydrogens is 406 g/mol. The molecule has 158 valence electrons. The smallest absolute Gasteiger partial charge is 0.342 e. The number of nitrogens with zero attached hydrogens (tertiary/aromatic N) is 1. The van der Waals surface area contributed by atoms with Crippen molar-refractivity contribution in [1.82, 2.24) is 0 Å². The van der Waals surface area contributed by atoms with Crippen molar-refractivity contribution in [3.63, 3.8) is 0 Å². The number of hydrogen-bond donors (Lipinski definition) is 0. The van der Waals surface area contributed by atoms with Gasteiger partial charge in [-0.05, 0) is 68.7 Å². The van der Waals surface area contributed by atoms with E-state index < -0.39 is 21.9 Å². The van der Waals surface area contributed by atoms with E-state index in [-0.39, 0.29) is 16.1 Å². The zero-order chi connectivity index (χ0) is 22.4. The van der Waals surface area contributed by atoms with Crippen molar-refractivity contribution in [3.8, 4) is 0 Å². The number of ether oxygens (including phenoxy) is 1. The second-order valence-electron chi connectivity index (χ2n) is 7.20. The highest BCUT2D eigenvalue weighted by Crippen LogP contribution is 2.33. The Labute approximate surface area is 175 Å². The summed E-state index contributed by atoms with van der Waals surface area (Å²) in [6, 6.07) is 7.80. The van der Waals surface area contributed by atoms with Crippen LogP contribution in [0.25, 0.3) is 11.0 Å². The largest absolute Gasteiger partial charge is 0.465 e. The monoisotopic (exact) mass is 429 g/mol. The van der Waals surface area contributed by atoms with Gasteiger partial charge in [0.1, 0.15) is 16.9 Å². The fraction of sp³-hybridized carbons (Fsp3) is 0.273. The van der Waals surface area contributed by atoms with E-state index in [1.54, 1.807) is 26.0 Å². The molecule has 7 nitrogen and oxygen atoms in total. The molecule has 0 saturated heterocycles. The highest BCUT2D eigenvalue weighted by Gasteiger charge is 2.31. The van der Waals surface area contributed by atoms with Gasteiger partial charge in [0, 0.05) is 12.3 Å². The number of anilines is 1. The highest BCUT2D eigenvalue weighted by molar-refractivity contribution is 7.93. The summed E-state index contributed by atoms with van der Waals surface area (Å²) in [5.41, 5.74) is 2.99. The summed E-state index contributed by atoms with van der Waals surface area (Å²) in [6.45, 7) is 8.19. The van der Waals surface area contributed by atoms with E-state index in [2.05, 4.69) is 0 Å². The normalized spacial score (nSPS) is 11.5. The molecule has 0 aliphatic rings. The van der Waals surface area contributed by atoms with Crippen LogP contribution < -0.4 is 4.31 Å². The van der Waals surface area contributed by atoms with Crippen LogP contribution in [0.15, 0.2) is 39.6 Å². The lowest BCUT2D eigenvalue weighted by atomic mass is 10.1. The fourth-order valence-corrected chi connectivity index (χ4v) is 5.21. The predicted octanol–water partition coefficient (Wildman–Crippen LogP) is 4.19. The summed E-state index contributed by atoms with van der Waals surface area (Å²) in [5.74, 6) is -0.936. The number of sulfonamides is 1. The SMILES string of the molecule is COC(=O)c1c(C)oc2ccc(N(C(C)=O)S(=O)(=O)c3cc(C)c(C)cc3C)cc12. The molecule has 1 amide bonds. The third kappa shape index (κ3) is 3.47. The zero-order valence-electron chi connectivity index (χ0n) is 17.7. The van der Waals surface area contributed by atoms with Crippen molar-refractivity contribution in [1.29, 1.82) is 0 Å². The fourth-order valence-electron chi connectivity index (χ4n) is 3.49. The standard InChI is InChI=1S/C22H23NO6S/c1-12-9-14(3)20(10-13(12)2)30(26,27)23(16(5)24)17-7-8-19-18(11-17)21(15(4)29-19)22(25)28-6/h7-11H,1-6H3. The first kappa shape index (κ1) is 21.6. The van der Waals surface area contributed by atoms with Gasteiger partial charge in [-0.3, -0.25) is 4.79 Å². The number of esters is 1. The molecule has 0 N–H and O–H groups in total. The highest BCUT2D eigenvalue weighted by atomic mass is 32.2. The van der Waals surface area contributed by atoms with Crippen LogP contribution in [0.3, 0.4) is 0 Å². The molecule has 0 unspecified atom stereocenters. The maximum atomic E-state index is 13.5. The summed E-state index contributed by atoms with van der Waals surface area (Å²) in [4.78, 5) is 24.7. The Hall–Kier alpha value is -3.13. The minimum absolute atomic E-state index is 0.0532. The van der Waals surface area contributed by atoms with Gasteiger partial charge in [-0.1, -0.05) is 6.07 Å². The number of furan rings is 1. The van der Waals surface area contributed by atoms with E-state index in [0.29, 0.717) is 22.3 Å². The van der Waals surface area contributed by atoms with Crippen molar-refractivity contribution in [2.75, 3.05) is 11.4 Å². The summed E-state index contributed by atoms with van der Waals surface area (Å²) >= 11 is 0. The molecule has 1 aromatic heterocycles. The topological polar surface area (TPSA) is 93.9 Å². The van der Waals surface area contributed by atoms with Gasteiger partial charge in [0.25, 0.3) is 10.0 Å². The van der Waals surface area contributed by atoms with Gasteiger partial charge in [-0.25, -0.2) is 17.5 Å². The van der Waals surface area contributed by atoms with Crippen LogP contribution in [-0.2, 0) is 19.6 Å². The maximum absolute atomic E-state index is 13.5. The molecule has 8 heteroatoms. The lowest BCUT2D eigenvalue weighted by molar-refractivity contribution is -0.115. The Morgan fingerprint density at radius 1 is 0.967 bits per heavy atom. The summed E-state index contributed by atoms with van der Waals surface area (Å²) < 4.78 is 38.1. The molecule has 1 heterocycles. The second kappa shape index (κ2) is 7.60. The lowest BCUT2D eigenvalue weighted by Crippen LogP contribution is -2.35. The summed E-state index contributed by atoms with van der Waals surface area (Å²) in [7, 11) is -2.94. The Morgan fingerprint density at radius 3 is 2.20 bits per heavy atom. The number of carbonyl (C=O) groups is 2. The quantitative estimate of drug-likeness (QED) is 0.577. The molecule has 0 radical (unpaired) electrons. The predicted molar refractivity (Wildman–Crippen MR) is 113 cm³/mol. The number of amides is 1. The molecule has 0 aliphatic heterocycles. The molecule has 0 aliphatic carbocycles. The van der Waals surface area contributed by atoms with E-state index in [4.69, 9.17) is 9.15 Å². The van der Waals surface area contributed by atoms with Crippen LogP contribution in [0.4, 0.5) is 5.69 Å². The molecule has 0 saturated carbocycles. The second-order valence-corrected chi connectivity index (χ2v) is 8.95. The molecule has 3 aromatic rings. The molecule has 0 fully saturated rings. The number of carbonyl (C=O) groups excluding carboxylic acids is 2. The van der Waals surface area contributed by atoms with Gasteiger partial charge in [0.15, 0.2) is 0 Å². The average molecular weight is 429 g/mol. The van der Waals surface area contributed by atoms with E-state index in [0.717, 1.165) is 15.4 Å². The molecule has 0 bridgehead atoms. The Kier molecular flexibility index (Phi) is 5.47. The lowest BCUT2D eigenvalue weighted by Gasteiger charge is -2.23. The van der Waals surface area contributed by atoms with Gasteiger partial charge in [0.2, 0.25) is 5.91 Å². The number of hydrogen-bond acceptors (Lipinski definition) is 6. The van der Waals surface area contributed by atoms with Crippen molar-refractivity contribution in [2.45, 2.75) is 39.5 Å². The zero-order valence-corrected chi connectivity index (χ0v) is 18.5.